The first-order valence-corrected chi connectivity index (χ1v) is 19.8. The third-order valence-electron chi connectivity index (χ3n) is 12.0. The third kappa shape index (κ3) is 6.45. The third-order valence-corrected chi connectivity index (χ3v) is 12.0. The Morgan fingerprint density at radius 2 is 1.47 bits per heavy atom. The topological polar surface area (TPSA) is 29.6 Å². The molecule has 3 nitrogen and oxygen atoms in total. The van der Waals surface area contributed by atoms with Gasteiger partial charge in [-0.15, -0.1) is 0 Å². The maximum Gasteiger partial charge on any atom is 0.131 e. The Balaban J connectivity index is 1.19. The van der Waals surface area contributed by atoms with Gasteiger partial charge in [0, 0.05) is 27.3 Å². The highest BCUT2D eigenvalue weighted by atomic mass is 15.1. The Bertz CT molecular complexity index is 2890. The van der Waals surface area contributed by atoms with E-state index in [-0.39, 0.29) is 11.3 Å². The van der Waals surface area contributed by atoms with Crippen LogP contribution >= 0.6 is 0 Å². The number of hydrogen-bond acceptors (Lipinski definition) is 2. The Morgan fingerprint density at radius 3 is 2.26 bits per heavy atom. The maximum atomic E-state index is 5.40. The molecule has 0 N–H and O–H groups in total. The molecule has 0 saturated heterocycles. The zero-order valence-corrected chi connectivity index (χ0v) is 32.6. The fourth-order valence-corrected chi connectivity index (χ4v) is 9.10. The summed E-state index contributed by atoms with van der Waals surface area (Å²) in [6.45, 7) is 13.4. The largest absolute Gasteiger partial charge is 0.294 e. The predicted molar refractivity (Wildman–Crippen MR) is 246 cm³/mol. The molecule has 0 amide bonds. The molecule has 1 aromatic heterocycles. The van der Waals surface area contributed by atoms with Gasteiger partial charge in [-0.2, -0.15) is 0 Å². The van der Waals surface area contributed by atoms with Gasteiger partial charge in [-0.1, -0.05) is 177 Å². The molecule has 0 saturated carbocycles. The summed E-state index contributed by atoms with van der Waals surface area (Å²) in [6, 6.07) is 47.8. The minimum atomic E-state index is -0.342. The molecule has 0 fully saturated rings. The Kier molecular flexibility index (Phi) is 9.44. The summed E-state index contributed by atoms with van der Waals surface area (Å²) >= 11 is 0. The van der Waals surface area contributed by atoms with Crippen molar-refractivity contribution in [2.24, 2.45) is 15.9 Å². The van der Waals surface area contributed by atoms with Crippen LogP contribution in [0.15, 0.2) is 204 Å². The molecule has 2 atom stereocenters. The van der Waals surface area contributed by atoms with Crippen LogP contribution in [0.3, 0.4) is 0 Å². The Hall–Kier alpha value is -6.84. The highest BCUT2D eigenvalue weighted by molar-refractivity contribution is 6.18. The van der Waals surface area contributed by atoms with Crippen molar-refractivity contribution >= 4 is 62.1 Å². The fraction of sp³-hybridized carbons (Fsp3) is 0.111. The van der Waals surface area contributed by atoms with Crippen LogP contribution in [0.1, 0.15) is 37.0 Å². The van der Waals surface area contributed by atoms with Gasteiger partial charge in [0.15, 0.2) is 0 Å². The molecule has 0 bridgehead atoms. The first-order chi connectivity index (χ1) is 27.9. The van der Waals surface area contributed by atoms with Crippen LogP contribution in [0.4, 0.5) is 5.69 Å². The molecule has 2 unspecified atom stereocenters. The average Bonchev–Trinajstić information content (AvgIpc) is 3.61. The molecule has 276 valence electrons. The van der Waals surface area contributed by atoms with Crippen LogP contribution in [0, 0.1) is 5.92 Å². The highest BCUT2D eigenvalue weighted by Crippen LogP contribution is 2.49. The molecule has 7 aromatic rings. The lowest BCUT2D eigenvalue weighted by molar-refractivity contribution is 0.347. The average molecular weight is 736 g/mol. The number of aliphatic imine (C=N–C) groups is 2. The molecule has 57 heavy (non-hydrogen) atoms. The van der Waals surface area contributed by atoms with E-state index in [0.29, 0.717) is 5.82 Å². The van der Waals surface area contributed by atoms with Gasteiger partial charge in [0.1, 0.15) is 5.82 Å². The predicted octanol–water partition coefficient (Wildman–Crippen LogP) is 14.0. The number of benzene rings is 6. The van der Waals surface area contributed by atoms with Gasteiger partial charge >= 0.3 is 0 Å². The van der Waals surface area contributed by atoms with Crippen molar-refractivity contribution in [3.05, 3.63) is 211 Å². The fourth-order valence-electron chi connectivity index (χ4n) is 9.10. The number of hydrogen-bond donors (Lipinski definition) is 0. The van der Waals surface area contributed by atoms with E-state index < -0.39 is 0 Å². The van der Waals surface area contributed by atoms with E-state index in [0.717, 1.165) is 62.8 Å². The first-order valence-electron chi connectivity index (χ1n) is 19.8. The molecule has 1 heterocycles. The van der Waals surface area contributed by atoms with Gasteiger partial charge in [0.25, 0.3) is 0 Å². The zero-order valence-electron chi connectivity index (χ0n) is 32.6. The maximum absolute atomic E-state index is 5.40. The smallest absolute Gasteiger partial charge is 0.131 e. The molecular weight excluding hydrogens is 691 g/mol. The van der Waals surface area contributed by atoms with Crippen molar-refractivity contribution < 1.29 is 0 Å². The molecule has 0 aliphatic heterocycles. The highest BCUT2D eigenvalue weighted by Gasteiger charge is 2.39. The van der Waals surface area contributed by atoms with E-state index in [4.69, 9.17) is 16.6 Å². The molecule has 0 radical (unpaired) electrons. The number of rotatable bonds is 9. The van der Waals surface area contributed by atoms with Gasteiger partial charge in [-0.25, -0.2) is 4.99 Å². The van der Waals surface area contributed by atoms with E-state index in [9.17, 15) is 0 Å². The zero-order chi connectivity index (χ0) is 38.9. The van der Waals surface area contributed by atoms with Crippen molar-refractivity contribution in [2.75, 3.05) is 0 Å². The lowest BCUT2D eigenvalue weighted by Crippen LogP contribution is -2.34. The molecule has 9 rings (SSSR count). The quantitative estimate of drug-likeness (QED) is 0.132. The van der Waals surface area contributed by atoms with Gasteiger partial charge in [0.05, 0.1) is 22.4 Å². The lowest BCUT2D eigenvalue weighted by Gasteiger charge is -2.39. The summed E-state index contributed by atoms with van der Waals surface area (Å²) in [5, 5.41) is 4.81. The standard InChI is InChI=1S/C54H45N3/c1-37(40-30-32-42(33-31-40)46-27-17-21-41-20-11-12-25-45(41)46)44-24-13-15-28-49(44)56-38(2)57-51-29-16-14-26-47(51)48-34-35-50(55-4)52(53(48)57)54(3,43-22-9-6-10-23-43)36-39-18-7-5-8-19-39/h5-22,24-35,43H,2,4,23,36H2,1,3H3/b44-37+,56-49-. The molecule has 3 heteroatoms. The number of aromatic nitrogens is 1. The number of allylic oxidation sites excluding steroid dienone is 10. The van der Waals surface area contributed by atoms with Crippen LogP contribution in [0.5, 0.6) is 0 Å². The lowest BCUT2D eigenvalue weighted by atomic mass is 9.65. The van der Waals surface area contributed by atoms with Crippen molar-refractivity contribution in [3.63, 3.8) is 0 Å². The van der Waals surface area contributed by atoms with Crippen molar-refractivity contribution in [1.82, 2.24) is 4.57 Å². The van der Waals surface area contributed by atoms with E-state index in [1.165, 1.54) is 33.0 Å². The van der Waals surface area contributed by atoms with Crippen LogP contribution in [0.25, 0.3) is 55.1 Å². The molecule has 2 aliphatic rings. The summed E-state index contributed by atoms with van der Waals surface area (Å²) in [5.41, 5.74) is 11.8. The Morgan fingerprint density at radius 1 is 0.737 bits per heavy atom. The normalized spacial score (nSPS) is 17.7. The minimum absolute atomic E-state index is 0.232. The van der Waals surface area contributed by atoms with Crippen molar-refractivity contribution in [1.29, 1.82) is 0 Å². The summed E-state index contributed by atoms with van der Waals surface area (Å²) in [4.78, 5) is 10.1. The van der Waals surface area contributed by atoms with E-state index in [1.807, 2.05) is 0 Å². The van der Waals surface area contributed by atoms with Crippen molar-refractivity contribution in [2.45, 2.75) is 32.1 Å². The van der Waals surface area contributed by atoms with Crippen molar-refractivity contribution in [3.8, 4) is 11.1 Å². The second kappa shape index (κ2) is 15.0. The van der Waals surface area contributed by atoms with Crippen LogP contribution in [-0.2, 0) is 11.8 Å². The molecule has 2 aliphatic carbocycles. The monoisotopic (exact) mass is 735 g/mol. The summed E-state index contributed by atoms with van der Waals surface area (Å²) in [5.74, 6) is 0.881. The van der Waals surface area contributed by atoms with Crippen LogP contribution < -0.4 is 0 Å². The second-order valence-electron chi connectivity index (χ2n) is 15.4. The SMILES string of the molecule is C=Nc1ccc2c3ccccc3n(C(=C)/N=C3/C=CC=C/C3=C(/C)c3ccc(-c4cccc5ccccc45)cc3)c2c1C(C)(Cc1ccccc1)C1C=CC=CC1. The molecular formula is C54H45N3. The number of para-hydroxylation sites is 1. The number of fused-ring (bicyclic) bond motifs is 4. The number of nitrogens with zero attached hydrogens (tertiary/aromatic N) is 3. The first kappa shape index (κ1) is 35.8. The molecule has 0 spiro atoms. The van der Waals surface area contributed by atoms with Gasteiger partial charge in [0.2, 0.25) is 0 Å². The van der Waals surface area contributed by atoms with E-state index >= 15 is 0 Å². The second-order valence-corrected chi connectivity index (χ2v) is 15.4. The van der Waals surface area contributed by atoms with Gasteiger partial charge < -0.3 is 0 Å². The molecule has 6 aromatic carbocycles. The van der Waals surface area contributed by atoms with Gasteiger partial charge in [-0.05, 0) is 89.2 Å². The van der Waals surface area contributed by atoms with E-state index in [1.54, 1.807) is 0 Å². The summed E-state index contributed by atoms with van der Waals surface area (Å²) in [6.07, 6.45) is 19.2. The van der Waals surface area contributed by atoms with Crippen LogP contribution in [-0.4, -0.2) is 17.0 Å². The van der Waals surface area contributed by atoms with Crippen LogP contribution in [0.2, 0.25) is 0 Å². The summed E-state index contributed by atoms with van der Waals surface area (Å²) < 4.78 is 2.27. The summed E-state index contributed by atoms with van der Waals surface area (Å²) in [7, 11) is 0. The van der Waals surface area contributed by atoms with Gasteiger partial charge in [-0.3, -0.25) is 9.56 Å². The Labute approximate surface area is 335 Å². The van der Waals surface area contributed by atoms with E-state index in [2.05, 4.69) is 207 Å². The minimum Gasteiger partial charge on any atom is -0.294 e.